The maximum atomic E-state index is 12.1. The number of hydrogen-bond acceptors (Lipinski definition) is 2. The monoisotopic (exact) mass is 214 g/mol. The van der Waals surface area contributed by atoms with E-state index < -0.39 is 0 Å². The molecule has 0 amide bonds. The average Bonchev–Trinajstić information content (AvgIpc) is 2.21. The number of alkyl halides is 1. The second kappa shape index (κ2) is 6.51. The van der Waals surface area contributed by atoms with E-state index in [2.05, 4.69) is 10.3 Å². The number of rotatable bonds is 0. The van der Waals surface area contributed by atoms with Crippen LogP contribution in [-0.2, 0) is 0 Å². The van der Waals surface area contributed by atoms with Crippen LogP contribution in [0.5, 0.6) is 0 Å². The highest BCUT2D eigenvalue weighted by Gasteiger charge is 2.08. The third-order valence-corrected chi connectivity index (χ3v) is 1.84. The summed E-state index contributed by atoms with van der Waals surface area (Å²) in [7, 11) is 0. The molecule has 0 saturated carbocycles. The van der Waals surface area contributed by atoms with Gasteiger partial charge in [0, 0.05) is 25.5 Å². The zero-order valence-corrected chi connectivity index (χ0v) is 8.41. The molecule has 1 aromatic rings. The van der Waals surface area contributed by atoms with Crippen molar-refractivity contribution in [1.82, 2.24) is 10.3 Å². The molecule has 2 heterocycles. The van der Waals surface area contributed by atoms with Gasteiger partial charge >= 0.3 is 0 Å². The molecule has 14 heavy (non-hydrogen) atoms. The predicted molar refractivity (Wildman–Crippen MR) is 55.9 cm³/mol. The Bertz CT molecular complexity index is 250. The maximum Gasteiger partial charge on any atom is 0.111 e. The van der Waals surface area contributed by atoms with Gasteiger partial charge in [0.2, 0.25) is 0 Å². The fraction of sp³-hybridized carbons (Fsp3) is 0.300. The van der Waals surface area contributed by atoms with Crippen molar-refractivity contribution in [3.05, 3.63) is 42.5 Å². The van der Waals surface area contributed by atoms with E-state index >= 15 is 0 Å². The van der Waals surface area contributed by atoms with Gasteiger partial charge in [0.05, 0.1) is 5.38 Å². The van der Waals surface area contributed by atoms with E-state index in [9.17, 15) is 4.39 Å². The third kappa shape index (κ3) is 4.94. The normalized spacial score (nSPS) is 20.4. The van der Waals surface area contributed by atoms with E-state index in [4.69, 9.17) is 11.6 Å². The molecule has 1 aliphatic heterocycles. The third-order valence-electron chi connectivity index (χ3n) is 1.56. The summed E-state index contributed by atoms with van der Waals surface area (Å²) in [5.41, 5.74) is 0. The molecule has 76 valence electrons. The fourth-order valence-corrected chi connectivity index (χ4v) is 1.20. The van der Waals surface area contributed by atoms with Crippen LogP contribution in [0.4, 0.5) is 4.39 Å². The highest BCUT2D eigenvalue weighted by Crippen LogP contribution is 2.06. The van der Waals surface area contributed by atoms with Crippen LogP contribution in [-0.4, -0.2) is 23.5 Å². The minimum absolute atomic E-state index is 0.156. The van der Waals surface area contributed by atoms with Crippen molar-refractivity contribution in [1.29, 1.82) is 0 Å². The van der Waals surface area contributed by atoms with Gasteiger partial charge in [0.1, 0.15) is 5.83 Å². The van der Waals surface area contributed by atoms with Crippen LogP contribution in [0.25, 0.3) is 0 Å². The molecular formula is C10H12ClFN2. The second-order valence-electron chi connectivity index (χ2n) is 2.78. The van der Waals surface area contributed by atoms with Crippen molar-refractivity contribution in [3.63, 3.8) is 0 Å². The van der Waals surface area contributed by atoms with Crippen molar-refractivity contribution >= 4 is 11.6 Å². The van der Waals surface area contributed by atoms with E-state index in [-0.39, 0.29) is 11.2 Å². The van der Waals surface area contributed by atoms with Crippen molar-refractivity contribution in [2.24, 2.45) is 0 Å². The van der Waals surface area contributed by atoms with Gasteiger partial charge in [-0.25, -0.2) is 4.39 Å². The summed E-state index contributed by atoms with van der Waals surface area (Å²) in [5.74, 6) is -0.156. The Morgan fingerprint density at radius 3 is 2.36 bits per heavy atom. The summed E-state index contributed by atoms with van der Waals surface area (Å²) in [5, 5.41) is 2.65. The Labute approximate surface area is 87.8 Å². The molecular weight excluding hydrogens is 203 g/mol. The van der Waals surface area contributed by atoms with E-state index in [0.717, 1.165) is 0 Å². The van der Waals surface area contributed by atoms with Crippen LogP contribution in [0, 0.1) is 0 Å². The molecule has 4 heteroatoms. The maximum absolute atomic E-state index is 12.1. The summed E-state index contributed by atoms with van der Waals surface area (Å²) in [4.78, 5) is 3.78. The second-order valence-corrected chi connectivity index (χ2v) is 3.35. The lowest BCUT2D eigenvalue weighted by atomic mass is 10.3. The molecule has 0 fully saturated rings. The molecule has 1 aromatic heterocycles. The van der Waals surface area contributed by atoms with Gasteiger partial charge in [-0.15, -0.1) is 11.6 Å². The largest absolute Gasteiger partial charge is 0.309 e. The van der Waals surface area contributed by atoms with Crippen LogP contribution in [0.1, 0.15) is 0 Å². The Kier molecular flexibility index (Phi) is 5.19. The molecule has 1 aliphatic rings. The minimum Gasteiger partial charge on any atom is -0.309 e. The van der Waals surface area contributed by atoms with Gasteiger partial charge in [-0.05, 0) is 18.2 Å². The number of halogens is 2. The topological polar surface area (TPSA) is 24.9 Å². The lowest BCUT2D eigenvalue weighted by Gasteiger charge is -2.11. The first-order valence-electron chi connectivity index (χ1n) is 4.35. The molecule has 1 N–H and O–H groups in total. The Morgan fingerprint density at radius 1 is 1.36 bits per heavy atom. The summed E-state index contributed by atoms with van der Waals surface area (Å²) in [6.45, 7) is 1.01. The van der Waals surface area contributed by atoms with Crippen LogP contribution in [0.2, 0.25) is 0 Å². The number of aromatic nitrogens is 1. The quantitative estimate of drug-likeness (QED) is 0.670. The van der Waals surface area contributed by atoms with E-state index in [0.29, 0.717) is 13.1 Å². The molecule has 0 spiro atoms. The molecule has 0 aromatic carbocycles. The van der Waals surface area contributed by atoms with Gasteiger partial charge in [-0.2, -0.15) is 0 Å². The molecule has 2 rings (SSSR count). The van der Waals surface area contributed by atoms with Gasteiger partial charge in [0.25, 0.3) is 0 Å². The first kappa shape index (κ1) is 11.1. The fourth-order valence-electron chi connectivity index (χ4n) is 0.956. The zero-order valence-electron chi connectivity index (χ0n) is 7.66. The summed E-state index contributed by atoms with van der Waals surface area (Å²) >= 11 is 5.53. The lowest BCUT2D eigenvalue weighted by Crippen LogP contribution is -2.28. The molecule has 2 nitrogen and oxygen atoms in total. The molecule has 0 bridgehead atoms. The van der Waals surface area contributed by atoms with Gasteiger partial charge in [-0.3, -0.25) is 4.98 Å². The molecule has 0 saturated heterocycles. The lowest BCUT2D eigenvalue weighted by molar-refractivity contribution is 0.545. The standard InChI is InChI=1S/C5H7ClFN.C5H5N/c6-4-1-5(7)3-8-2-4;1-2-4-6-5-3-1/h1,4,8H,2-3H2;1-5H. The smallest absolute Gasteiger partial charge is 0.111 e. The molecule has 0 radical (unpaired) electrons. The van der Waals surface area contributed by atoms with Crippen LogP contribution >= 0.6 is 11.6 Å². The van der Waals surface area contributed by atoms with Crippen LogP contribution in [0.3, 0.4) is 0 Å². The summed E-state index contributed by atoms with van der Waals surface area (Å²) < 4.78 is 12.1. The molecule has 1 atom stereocenters. The highest BCUT2D eigenvalue weighted by molar-refractivity contribution is 6.22. The summed E-state index contributed by atoms with van der Waals surface area (Å²) in [6.07, 6.45) is 4.93. The van der Waals surface area contributed by atoms with E-state index in [1.165, 1.54) is 6.08 Å². The van der Waals surface area contributed by atoms with Crippen molar-refractivity contribution in [3.8, 4) is 0 Å². The Balaban J connectivity index is 0.000000146. The number of hydrogen-bond donors (Lipinski definition) is 1. The molecule has 1 unspecified atom stereocenters. The van der Waals surface area contributed by atoms with Crippen molar-refractivity contribution in [2.75, 3.05) is 13.1 Å². The van der Waals surface area contributed by atoms with Gasteiger partial charge in [-0.1, -0.05) is 6.07 Å². The van der Waals surface area contributed by atoms with Crippen LogP contribution < -0.4 is 5.32 Å². The number of nitrogens with one attached hydrogen (secondary N) is 1. The zero-order chi connectivity index (χ0) is 10.2. The number of nitrogens with zero attached hydrogens (tertiary/aromatic N) is 1. The van der Waals surface area contributed by atoms with E-state index in [1.54, 1.807) is 12.4 Å². The SMILES string of the molecule is FC1=CC(Cl)CNC1.c1ccncc1. The van der Waals surface area contributed by atoms with Gasteiger partial charge in [0.15, 0.2) is 0 Å². The Morgan fingerprint density at radius 2 is 2.07 bits per heavy atom. The predicted octanol–water partition coefficient (Wildman–Crippen LogP) is 2.13. The Hall–Kier alpha value is -0.930. The molecule has 0 aliphatic carbocycles. The first-order chi connectivity index (χ1) is 6.79. The number of pyridine rings is 1. The van der Waals surface area contributed by atoms with Crippen molar-refractivity contribution in [2.45, 2.75) is 5.38 Å². The van der Waals surface area contributed by atoms with Crippen LogP contribution in [0.15, 0.2) is 42.5 Å². The highest BCUT2D eigenvalue weighted by atomic mass is 35.5. The van der Waals surface area contributed by atoms with Gasteiger partial charge < -0.3 is 5.32 Å². The first-order valence-corrected chi connectivity index (χ1v) is 4.78. The minimum atomic E-state index is -0.163. The van der Waals surface area contributed by atoms with Crippen molar-refractivity contribution < 1.29 is 4.39 Å². The summed E-state index contributed by atoms with van der Waals surface area (Å²) in [6, 6.07) is 5.72. The average molecular weight is 215 g/mol. The van der Waals surface area contributed by atoms with E-state index in [1.807, 2.05) is 18.2 Å².